The lowest BCUT2D eigenvalue weighted by Crippen LogP contribution is -2.21. The van der Waals surface area contributed by atoms with E-state index in [4.69, 9.17) is 14.2 Å². The highest BCUT2D eigenvalue weighted by Crippen LogP contribution is 2.38. The Morgan fingerprint density at radius 1 is 1.10 bits per heavy atom. The number of benzene rings is 1. The van der Waals surface area contributed by atoms with E-state index < -0.39 is 0 Å². The zero-order valence-electron chi connectivity index (χ0n) is 16.9. The summed E-state index contributed by atoms with van der Waals surface area (Å²) in [6.45, 7) is 1.80. The van der Waals surface area contributed by atoms with Crippen molar-refractivity contribution in [2.24, 2.45) is 5.10 Å². The van der Waals surface area contributed by atoms with Crippen molar-refractivity contribution in [1.82, 2.24) is 9.66 Å². The smallest absolute Gasteiger partial charge is 0.283 e. The van der Waals surface area contributed by atoms with Crippen LogP contribution in [0.25, 0.3) is 10.2 Å². The van der Waals surface area contributed by atoms with Crippen LogP contribution in [0.15, 0.2) is 22.0 Å². The minimum Gasteiger partial charge on any atom is -0.493 e. The van der Waals surface area contributed by atoms with Crippen molar-refractivity contribution in [2.75, 3.05) is 21.3 Å². The fourth-order valence-electron chi connectivity index (χ4n) is 3.73. The molecule has 1 aliphatic rings. The van der Waals surface area contributed by atoms with Crippen molar-refractivity contribution in [2.45, 2.75) is 32.6 Å². The van der Waals surface area contributed by atoms with Gasteiger partial charge in [0.15, 0.2) is 11.5 Å². The lowest BCUT2D eigenvalue weighted by atomic mass is 9.97. The number of aryl methyl sites for hydroxylation is 3. The van der Waals surface area contributed by atoms with Crippen molar-refractivity contribution >= 4 is 27.8 Å². The van der Waals surface area contributed by atoms with Gasteiger partial charge >= 0.3 is 0 Å². The first-order valence-electron chi connectivity index (χ1n) is 9.45. The molecule has 3 aromatic rings. The number of hydrogen-bond donors (Lipinski definition) is 0. The second kappa shape index (κ2) is 7.87. The molecule has 0 N–H and O–H groups in total. The average Bonchev–Trinajstić information content (AvgIpc) is 3.10. The van der Waals surface area contributed by atoms with E-state index in [0.29, 0.717) is 23.1 Å². The molecule has 0 radical (unpaired) electrons. The fourth-order valence-corrected chi connectivity index (χ4v) is 5.03. The summed E-state index contributed by atoms with van der Waals surface area (Å²) in [5, 5.41) is 5.15. The Morgan fingerprint density at radius 3 is 2.45 bits per heavy atom. The first kappa shape index (κ1) is 19.4. The van der Waals surface area contributed by atoms with Gasteiger partial charge < -0.3 is 14.2 Å². The highest BCUT2D eigenvalue weighted by Gasteiger charge is 2.21. The minimum atomic E-state index is -0.115. The summed E-state index contributed by atoms with van der Waals surface area (Å²) in [6, 6.07) is 3.56. The van der Waals surface area contributed by atoms with Crippen molar-refractivity contribution in [3.8, 4) is 17.2 Å². The van der Waals surface area contributed by atoms with Crippen LogP contribution in [0.4, 0.5) is 0 Å². The molecule has 4 rings (SSSR count). The van der Waals surface area contributed by atoms with Crippen molar-refractivity contribution in [3.05, 3.63) is 44.3 Å². The maximum absolute atomic E-state index is 13.2. The molecule has 0 atom stereocenters. The molecule has 0 bridgehead atoms. The van der Waals surface area contributed by atoms with Gasteiger partial charge in [-0.3, -0.25) is 4.79 Å². The first-order chi connectivity index (χ1) is 14.1. The number of methoxy groups -OCH3 is 3. The molecule has 2 heterocycles. The molecule has 152 valence electrons. The highest BCUT2D eigenvalue weighted by molar-refractivity contribution is 7.18. The first-order valence-corrected chi connectivity index (χ1v) is 10.3. The van der Waals surface area contributed by atoms with Crippen LogP contribution in [0, 0.1) is 6.92 Å². The van der Waals surface area contributed by atoms with Gasteiger partial charge in [0.25, 0.3) is 5.56 Å². The van der Waals surface area contributed by atoms with Gasteiger partial charge in [-0.15, -0.1) is 11.3 Å². The molecule has 1 aromatic carbocycles. The molecule has 0 amide bonds. The van der Waals surface area contributed by atoms with Crippen molar-refractivity contribution in [3.63, 3.8) is 0 Å². The maximum atomic E-state index is 13.2. The molecule has 7 nitrogen and oxygen atoms in total. The Labute approximate surface area is 172 Å². The highest BCUT2D eigenvalue weighted by atomic mass is 32.1. The topological polar surface area (TPSA) is 74.9 Å². The second-order valence-corrected chi connectivity index (χ2v) is 7.95. The van der Waals surface area contributed by atoms with E-state index in [0.717, 1.165) is 40.6 Å². The minimum absolute atomic E-state index is 0.115. The van der Waals surface area contributed by atoms with E-state index in [1.165, 1.54) is 16.0 Å². The van der Waals surface area contributed by atoms with Gasteiger partial charge in [0.1, 0.15) is 10.7 Å². The quantitative estimate of drug-likeness (QED) is 0.598. The number of thiophene rings is 1. The third-order valence-corrected chi connectivity index (χ3v) is 6.32. The third kappa shape index (κ3) is 3.37. The zero-order valence-corrected chi connectivity index (χ0v) is 17.8. The standard InChI is InChI=1S/C21H23N3O4S/c1-12-23-20-18(14-7-5-6-8-17(14)29-20)21(25)24(12)22-11-13-9-15(26-2)19(28-4)16(10-13)27-3/h9-11H,5-8H2,1-4H3/b22-11+. The van der Waals surface area contributed by atoms with Crippen LogP contribution in [0.1, 0.15) is 34.7 Å². The Hall–Kier alpha value is -2.87. The summed E-state index contributed by atoms with van der Waals surface area (Å²) in [4.78, 5) is 20.0. The molecule has 0 fully saturated rings. The van der Waals surface area contributed by atoms with Crippen LogP contribution in [-0.4, -0.2) is 37.2 Å². The third-order valence-electron chi connectivity index (χ3n) is 5.14. The molecule has 0 unspecified atom stereocenters. The summed E-state index contributed by atoms with van der Waals surface area (Å²) < 4.78 is 17.5. The van der Waals surface area contributed by atoms with Gasteiger partial charge in [0, 0.05) is 10.4 Å². The Balaban J connectivity index is 1.80. The van der Waals surface area contributed by atoms with Gasteiger partial charge in [0.05, 0.1) is 32.9 Å². The molecule has 0 aliphatic heterocycles. The number of hydrogen-bond acceptors (Lipinski definition) is 7. The normalized spacial score (nSPS) is 13.7. The number of aromatic nitrogens is 2. The molecular formula is C21H23N3O4S. The fraction of sp³-hybridized carbons (Fsp3) is 0.381. The number of fused-ring (bicyclic) bond motifs is 3. The van der Waals surface area contributed by atoms with Gasteiger partial charge in [-0.1, -0.05) is 0 Å². The second-order valence-electron chi connectivity index (χ2n) is 6.87. The van der Waals surface area contributed by atoms with Crippen molar-refractivity contribution in [1.29, 1.82) is 0 Å². The largest absolute Gasteiger partial charge is 0.493 e. The van der Waals surface area contributed by atoms with Crippen LogP contribution in [0.3, 0.4) is 0 Å². The summed E-state index contributed by atoms with van der Waals surface area (Å²) in [5.74, 6) is 2.12. The summed E-state index contributed by atoms with van der Waals surface area (Å²) >= 11 is 1.64. The lowest BCUT2D eigenvalue weighted by molar-refractivity contribution is 0.324. The van der Waals surface area contributed by atoms with E-state index in [2.05, 4.69) is 10.1 Å². The number of nitrogens with zero attached hydrogens (tertiary/aromatic N) is 3. The molecule has 8 heteroatoms. The Morgan fingerprint density at radius 2 is 1.79 bits per heavy atom. The molecule has 1 aliphatic carbocycles. The van der Waals surface area contributed by atoms with Crippen LogP contribution >= 0.6 is 11.3 Å². The van der Waals surface area contributed by atoms with Crippen LogP contribution in [0.5, 0.6) is 17.2 Å². The molecule has 0 spiro atoms. The molecular weight excluding hydrogens is 390 g/mol. The van der Waals surface area contributed by atoms with Gasteiger partial charge in [-0.2, -0.15) is 9.78 Å². The summed E-state index contributed by atoms with van der Waals surface area (Å²) in [6.07, 6.45) is 5.85. The molecule has 0 saturated heterocycles. The Bertz CT molecular complexity index is 1140. The van der Waals surface area contributed by atoms with Gasteiger partial charge in [-0.25, -0.2) is 4.98 Å². The van der Waals surface area contributed by atoms with Crippen LogP contribution < -0.4 is 19.8 Å². The monoisotopic (exact) mass is 413 g/mol. The van der Waals surface area contributed by atoms with E-state index in [1.807, 2.05) is 0 Å². The van der Waals surface area contributed by atoms with E-state index in [9.17, 15) is 4.79 Å². The summed E-state index contributed by atoms with van der Waals surface area (Å²) in [7, 11) is 4.67. The van der Waals surface area contributed by atoms with Gasteiger partial charge in [-0.05, 0) is 50.3 Å². The molecule has 0 saturated carbocycles. The maximum Gasteiger partial charge on any atom is 0.283 e. The van der Waals surface area contributed by atoms with E-state index in [-0.39, 0.29) is 5.56 Å². The van der Waals surface area contributed by atoms with E-state index >= 15 is 0 Å². The SMILES string of the molecule is COc1cc(/C=N/n2c(C)nc3sc4c(c3c2=O)CCCC4)cc(OC)c1OC. The predicted molar refractivity (Wildman–Crippen MR) is 114 cm³/mol. The van der Waals surface area contributed by atoms with Gasteiger partial charge in [0.2, 0.25) is 5.75 Å². The molecule has 29 heavy (non-hydrogen) atoms. The number of rotatable bonds is 5. The average molecular weight is 413 g/mol. The lowest BCUT2D eigenvalue weighted by Gasteiger charge is -2.12. The Kier molecular flexibility index (Phi) is 5.27. The predicted octanol–water partition coefficient (Wildman–Crippen LogP) is 3.55. The zero-order chi connectivity index (χ0) is 20.5. The van der Waals surface area contributed by atoms with Crippen LogP contribution in [-0.2, 0) is 12.8 Å². The number of ether oxygens (including phenoxy) is 3. The van der Waals surface area contributed by atoms with E-state index in [1.54, 1.807) is 57.9 Å². The molecule has 2 aromatic heterocycles. The van der Waals surface area contributed by atoms with Crippen LogP contribution in [0.2, 0.25) is 0 Å². The summed E-state index contributed by atoms with van der Waals surface area (Å²) in [5.41, 5.74) is 1.76. The van der Waals surface area contributed by atoms with Crippen molar-refractivity contribution < 1.29 is 14.2 Å².